The van der Waals surface area contributed by atoms with Crippen molar-refractivity contribution in [1.82, 2.24) is 10.8 Å². The Morgan fingerprint density at radius 1 is 1.00 bits per heavy atom. The number of carbonyl (C=O) groups is 2. The van der Waals surface area contributed by atoms with Gasteiger partial charge in [-0.1, -0.05) is 67.4 Å². The number of hydrogen-bond acceptors (Lipinski definition) is 5. The molecule has 2 aromatic rings. The summed E-state index contributed by atoms with van der Waals surface area (Å²) in [6, 6.07) is 17.5. The lowest BCUT2D eigenvalue weighted by molar-refractivity contribution is -0.166. The minimum atomic E-state index is -1.94. The number of hydroxylamine groups is 1. The van der Waals surface area contributed by atoms with Gasteiger partial charge < -0.3 is 15.2 Å². The first-order valence-electron chi connectivity index (χ1n) is 10.1. The smallest absolute Gasteiger partial charge is 0.285 e. The van der Waals surface area contributed by atoms with Crippen LogP contribution < -0.4 is 10.8 Å². The summed E-state index contributed by atoms with van der Waals surface area (Å²) in [6.45, 7) is 1.33. The van der Waals surface area contributed by atoms with Gasteiger partial charge in [0.1, 0.15) is 0 Å². The molecule has 3 rings (SSSR count). The third kappa shape index (κ3) is 5.05. The molecule has 0 aliphatic heterocycles. The average Bonchev–Trinajstić information content (AvgIpc) is 3.22. The first-order valence-corrected chi connectivity index (χ1v) is 10.1. The van der Waals surface area contributed by atoms with E-state index in [1.807, 2.05) is 54.6 Å². The van der Waals surface area contributed by atoms with E-state index < -0.39 is 23.0 Å². The Morgan fingerprint density at radius 3 is 2.20 bits per heavy atom. The molecule has 2 amide bonds. The van der Waals surface area contributed by atoms with Crippen molar-refractivity contribution in [1.29, 1.82) is 0 Å². The highest BCUT2D eigenvalue weighted by atomic mass is 16.5. The Balaban J connectivity index is 1.65. The van der Waals surface area contributed by atoms with Crippen molar-refractivity contribution >= 4 is 11.8 Å². The van der Waals surface area contributed by atoms with Gasteiger partial charge >= 0.3 is 0 Å². The van der Waals surface area contributed by atoms with E-state index >= 15 is 0 Å². The van der Waals surface area contributed by atoms with Crippen LogP contribution in [-0.4, -0.2) is 39.9 Å². The number of benzene rings is 2. The molecule has 160 valence electrons. The number of nitrogens with one attached hydrogen (secondary N) is 2. The number of rotatable bonds is 8. The zero-order valence-electron chi connectivity index (χ0n) is 17.1. The Hall–Kier alpha value is -2.74. The van der Waals surface area contributed by atoms with Crippen molar-refractivity contribution in [3.8, 4) is 11.1 Å². The molecule has 1 aliphatic carbocycles. The van der Waals surface area contributed by atoms with Crippen LogP contribution in [0.4, 0.5) is 0 Å². The minimum absolute atomic E-state index is 0.00330. The van der Waals surface area contributed by atoms with Crippen molar-refractivity contribution in [2.24, 2.45) is 0 Å². The second kappa shape index (κ2) is 9.38. The molecule has 4 N–H and O–H groups in total. The SMILES string of the molecule is CC(OCc1ccc(-c2ccccc2)cc1)(C(=O)NO)C(=O)NCC1(O)CCCC1. The molecule has 0 heterocycles. The molecule has 1 fully saturated rings. The molecule has 0 radical (unpaired) electrons. The van der Waals surface area contributed by atoms with Crippen molar-refractivity contribution in [2.75, 3.05) is 6.54 Å². The van der Waals surface area contributed by atoms with E-state index in [-0.39, 0.29) is 13.2 Å². The van der Waals surface area contributed by atoms with Crippen LogP contribution in [-0.2, 0) is 20.9 Å². The molecule has 1 aliphatic rings. The summed E-state index contributed by atoms with van der Waals surface area (Å²) in [5.74, 6) is -1.69. The van der Waals surface area contributed by atoms with Crippen LogP contribution >= 0.6 is 0 Å². The molecule has 1 saturated carbocycles. The van der Waals surface area contributed by atoms with Gasteiger partial charge in [-0.2, -0.15) is 0 Å². The first kappa shape index (κ1) is 22.0. The van der Waals surface area contributed by atoms with E-state index in [4.69, 9.17) is 9.94 Å². The topological polar surface area (TPSA) is 108 Å². The third-order valence-electron chi connectivity index (χ3n) is 5.67. The Bertz CT molecular complexity index is 863. The van der Waals surface area contributed by atoms with Crippen LogP contribution in [0, 0.1) is 0 Å². The van der Waals surface area contributed by atoms with Crippen molar-refractivity contribution in [2.45, 2.75) is 50.4 Å². The standard InChI is InChI=1S/C23H28N2O5/c1-22(21(27)25-29,20(26)24-16-23(28)13-5-6-14-23)30-15-17-9-11-19(12-10-17)18-7-3-2-4-8-18/h2-4,7-12,28-29H,5-6,13-16H2,1H3,(H,24,26)(H,25,27). The van der Waals surface area contributed by atoms with Gasteiger partial charge in [0.2, 0.25) is 5.60 Å². The van der Waals surface area contributed by atoms with E-state index in [0.29, 0.717) is 12.8 Å². The molecule has 0 spiro atoms. The highest BCUT2D eigenvalue weighted by molar-refractivity contribution is 6.07. The average molecular weight is 412 g/mol. The molecule has 7 heteroatoms. The summed E-state index contributed by atoms with van der Waals surface area (Å²) in [6.07, 6.45) is 3.00. The summed E-state index contributed by atoms with van der Waals surface area (Å²) in [4.78, 5) is 24.9. The molecule has 0 bridgehead atoms. The van der Waals surface area contributed by atoms with Crippen LogP contribution in [0.2, 0.25) is 0 Å². The summed E-state index contributed by atoms with van der Waals surface area (Å²) in [5, 5.41) is 22.1. The Kier molecular flexibility index (Phi) is 6.87. The lowest BCUT2D eigenvalue weighted by Crippen LogP contribution is -2.58. The van der Waals surface area contributed by atoms with Crippen LogP contribution in [0.1, 0.15) is 38.2 Å². The number of amides is 2. The summed E-state index contributed by atoms with van der Waals surface area (Å²) in [7, 11) is 0. The van der Waals surface area contributed by atoms with Crippen LogP contribution in [0.15, 0.2) is 54.6 Å². The summed E-state index contributed by atoms with van der Waals surface area (Å²) in [5.41, 5.74) is 1.50. The van der Waals surface area contributed by atoms with E-state index in [2.05, 4.69) is 5.32 Å². The van der Waals surface area contributed by atoms with Gasteiger partial charge in [-0.25, -0.2) is 5.48 Å². The fraction of sp³-hybridized carbons (Fsp3) is 0.391. The lowest BCUT2D eigenvalue weighted by Gasteiger charge is -2.29. The van der Waals surface area contributed by atoms with Crippen molar-refractivity contribution in [3.63, 3.8) is 0 Å². The molecular formula is C23H28N2O5. The van der Waals surface area contributed by atoms with Gasteiger partial charge in [0.05, 0.1) is 12.2 Å². The molecule has 0 aromatic heterocycles. The van der Waals surface area contributed by atoms with E-state index in [9.17, 15) is 14.7 Å². The van der Waals surface area contributed by atoms with Gasteiger partial charge in [0.15, 0.2) is 0 Å². The maximum atomic E-state index is 12.7. The molecule has 2 aromatic carbocycles. The van der Waals surface area contributed by atoms with E-state index in [1.165, 1.54) is 12.4 Å². The normalized spacial score (nSPS) is 17.2. The molecule has 1 unspecified atom stereocenters. The number of carbonyl (C=O) groups excluding carboxylic acids is 2. The predicted octanol–water partition coefficient (Wildman–Crippen LogP) is 2.56. The quantitative estimate of drug-likeness (QED) is 0.303. The minimum Gasteiger partial charge on any atom is -0.388 e. The van der Waals surface area contributed by atoms with E-state index in [0.717, 1.165) is 29.5 Å². The van der Waals surface area contributed by atoms with Gasteiger partial charge in [-0.3, -0.25) is 14.8 Å². The first-order chi connectivity index (χ1) is 14.4. The van der Waals surface area contributed by atoms with Crippen molar-refractivity contribution in [3.05, 3.63) is 60.2 Å². The largest absolute Gasteiger partial charge is 0.388 e. The molecular weight excluding hydrogens is 384 g/mol. The molecule has 7 nitrogen and oxygen atoms in total. The Morgan fingerprint density at radius 2 is 1.60 bits per heavy atom. The highest BCUT2D eigenvalue weighted by Gasteiger charge is 2.44. The van der Waals surface area contributed by atoms with Gasteiger partial charge in [0.25, 0.3) is 11.8 Å². The zero-order valence-corrected chi connectivity index (χ0v) is 17.1. The number of ether oxygens (including phenoxy) is 1. The number of aliphatic hydroxyl groups is 1. The van der Waals surface area contributed by atoms with Gasteiger partial charge in [-0.05, 0) is 36.5 Å². The Labute approximate surface area is 176 Å². The molecule has 30 heavy (non-hydrogen) atoms. The number of hydrogen-bond donors (Lipinski definition) is 4. The highest BCUT2D eigenvalue weighted by Crippen LogP contribution is 2.29. The van der Waals surface area contributed by atoms with Gasteiger partial charge in [-0.15, -0.1) is 0 Å². The van der Waals surface area contributed by atoms with Crippen molar-refractivity contribution < 1.29 is 24.6 Å². The second-order valence-electron chi connectivity index (χ2n) is 7.94. The fourth-order valence-corrected chi connectivity index (χ4v) is 3.62. The fourth-order valence-electron chi connectivity index (χ4n) is 3.62. The van der Waals surface area contributed by atoms with E-state index in [1.54, 1.807) is 0 Å². The second-order valence-corrected chi connectivity index (χ2v) is 7.94. The molecule has 1 atom stereocenters. The van der Waals surface area contributed by atoms with Crippen LogP contribution in [0.25, 0.3) is 11.1 Å². The van der Waals surface area contributed by atoms with Gasteiger partial charge in [0, 0.05) is 6.54 Å². The summed E-state index contributed by atoms with van der Waals surface area (Å²) < 4.78 is 5.66. The summed E-state index contributed by atoms with van der Waals surface area (Å²) >= 11 is 0. The predicted molar refractivity (Wildman–Crippen MR) is 111 cm³/mol. The van der Waals surface area contributed by atoms with Crippen LogP contribution in [0.3, 0.4) is 0 Å². The zero-order chi connectivity index (χ0) is 21.6. The monoisotopic (exact) mass is 412 g/mol. The lowest BCUT2D eigenvalue weighted by atomic mass is 10.0. The van der Waals surface area contributed by atoms with Crippen LogP contribution in [0.5, 0.6) is 0 Å². The maximum Gasteiger partial charge on any atom is 0.285 e. The maximum absolute atomic E-state index is 12.7. The molecule has 0 saturated heterocycles. The third-order valence-corrected chi connectivity index (χ3v) is 5.67.